The molecule has 3 rings (SSSR count). The fourth-order valence-electron chi connectivity index (χ4n) is 3.78. The number of nitrogens with one attached hydrogen (secondary N) is 1. The summed E-state index contributed by atoms with van der Waals surface area (Å²) in [4.78, 5) is 28.9. The molecule has 2 aliphatic heterocycles. The van der Waals surface area contributed by atoms with Crippen LogP contribution in [-0.4, -0.2) is 53.0 Å². The molecule has 2 fully saturated rings. The first kappa shape index (κ1) is 19.5. The quantitative estimate of drug-likeness (QED) is 0.779. The molecule has 0 spiro atoms. The van der Waals surface area contributed by atoms with Gasteiger partial charge in [-0.3, -0.25) is 4.79 Å². The van der Waals surface area contributed by atoms with Gasteiger partial charge in [0, 0.05) is 32.1 Å². The van der Waals surface area contributed by atoms with E-state index in [9.17, 15) is 14.7 Å². The van der Waals surface area contributed by atoms with Crippen LogP contribution in [0.1, 0.15) is 52.0 Å². The summed E-state index contributed by atoms with van der Waals surface area (Å²) in [5.41, 5.74) is 1.46. The number of benzene rings is 1. The fourth-order valence-corrected chi connectivity index (χ4v) is 3.78. The Morgan fingerprint density at radius 3 is 2.22 bits per heavy atom. The summed E-state index contributed by atoms with van der Waals surface area (Å²) in [6, 6.07) is 5.47. The van der Waals surface area contributed by atoms with Crippen molar-refractivity contribution in [3.8, 4) is 5.75 Å². The molecule has 2 aliphatic rings. The van der Waals surface area contributed by atoms with Gasteiger partial charge in [-0.15, -0.1) is 0 Å². The Hall–Kier alpha value is -2.24. The van der Waals surface area contributed by atoms with E-state index in [1.807, 2.05) is 21.9 Å². The number of carbonyl (C=O) groups is 2. The number of piperidine rings is 1. The molecule has 3 amide bonds. The molecule has 0 atom stereocenters. The SMILES string of the molecule is CC(C)(C)c1ccc(O)c(NC(=O)C2CCN(C(=O)N3CCCC3)CC2)c1. The maximum atomic E-state index is 12.7. The zero-order chi connectivity index (χ0) is 19.6. The van der Waals surface area contributed by atoms with E-state index in [0.29, 0.717) is 31.6 Å². The molecule has 0 saturated carbocycles. The molecular formula is C21H31N3O3. The van der Waals surface area contributed by atoms with E-state index in [1.165, 1.54) is 0 Å². The number of hydrogen-bond acceptors (Lipinski definition) is 3. The van der Waals surface area contributed by atoms with Gasteiger partial charge >= 0.3 is 6.03 Å². The van der Waals surface area contributed by atoms with Crippen molar-refractivity contribution < 1.29 is 14.7 Å². The molecule has 6 heteroatoms. The summed E-state index contributed by atoms with van der Waals surface area (Å²) in [7, 11) is 0. The van der Waals surface area contributed by atoms with E-state index in [4.69, 9.17) is 0 Å². The molecule has 0 radical (unpaired) electrons. The summed E-state index contributed by atoms with van der Waals surface area (Å²) in [6.45, 7) is 9.21. The summed E-state index contributed by atoms with van der Waals surface area (Å²) < 4.78 is 0. The van der Waals surface area contributed by atoms with E-state index >= 15 is 0 Å². The number of aromatic hydroxyl groups is 1. The highest BCUT2D eigenvalue weighted by Gasteiger charge is 2.30. The van der Waals surface area contributed by atoms with Crippen LogP contribution in [-0.2, 0) is 10.2 Å². The number of anilines is 1. The Kier molecular flexibility index (Phi) is 5.63. The fraction of sp³-hybridized carbons (Fsp3) is 0.619. The van der Waals surface area contributed by atoms with E-state index in [-0.39, 0.29) is 29.0 Å². The van der Waals surface area contributed by atoms with Crippen LogP contribution in [0.2, 0.25) is 0 Å². The second-order valence-electron chi connectivity index (χ2n) is 8.71. The number of phenols is 1. The number of amides is 3. The van der Waals surface area contributed by atoms with Gasteiger partial charge in [0.1, 0.15) is 5.75 Å². The van der Waals surface area contributed by atoms with E-state index in [2.05, 4.69) is 26.1 Å². The normalized spacial score (nSPS) is 18.6. The standard InChI is InChI=1S/C21H31N3O3/c1-21(2,3)16-6-7-18(25)17(14-16)22-19(26)15-8-12-24(13-9-15)20(27)23-10-4-5-11-23/h6-7,14-15,25H,4-5,8-13H2,1-3H3,(H,22,26). The highest BCUT2D eigenvalue weighted by atomic mass is 16.3. The van der Waals surface area contributed by atoms with Crippen molar-refractivity contribution in [3.05, 3.63) is 23.8 Å². The minimum absolute atomic E-state index is 0.0611. The zero-order valence-corrected chi connectivity index (χ0v) is 16.6. The number of nitrogens with zero attached hydrogens (tertiary/aromatic N) is 2. The first-order valence-corrected chi connectivity index (χ1v) is 9.94. The molecule has 0 bridgehead atoms. The third-order valence-corrected chi connectivity index (χ3v) is 5.63. The smallest absolute Gasteiger partial charge is 0.319 e. The second kappa shape index (κ2) is 7.79. The minimum Gasteiger partial charge on any atom is -0.506 e. The van der Waals surface area contributed by atoms with Gasteiger partial charge in [-0.25, -0.2) is 4.79 Å². The van der Waals surface area contributed by atoms with Gasteiger partial charge in [0.15, 0.2) is 0 Å². The van der Waals surface area contributed by atoms with Crippen LogP contribution in [0, 0.1) is 5.92 Å². The maximum Gasteiger partial charge on any atom is 0.319 e. The zero-order valence-electron chi connectivity index (χ0n) is 16.6. The molecule has 0 aromatic heterocycles. The molecule has 148 valence electrons. The van der Waals surface area contributed by atoms with Gasteiger partial charge in [0.05, 0.1) is 5.69 Å². The molecule has 2 N–H and O–H groups in total. The highest BCUT2D eigenvalue weighted by Crippen LogP contribution is 2.31. The molecule has 1 aromatic carbocycles. The van der Waals surface area contributed by atoms with Crippen LogP contribution in [0.4, 0.5) is 10.5 Å². The number of rotatable bonds is 2. The average Bonchev–Trinajstić information content (AvgIpc) is 3.16. The first-order valence-electron chi connectivity index (χ1n) is 9.94. The van der Waals surface area contributed by atoms with Crippen molar-refractivity contribution in [2.24, 2.45) is 5.92 Å². The van der Waals surface area contributed by atoms with Crippen molar-refractivity contribution in [1.82, 2.24) is 9.80 Å². The molecule has 0 unspecified atom stereocenters. The van der Waals surface area contributed by atoms with E-state index in [1.54, 1.807) is 6.07 Å². The Labute approximate surface area is 161 Å². The first-order chi connectivity index (χ1) is 12.8. The van der Waals surface area contributed by atoms with Crippen molar-refractivity contribution in [1.29, 1.82) is 0 Å². The number of carbonyl (C=O) groups excluding carboxylic acids is 2. The van der Waals surface area contributed by atoms with Crippen molar-refractivity contribution >= 4 is 17.6 Å². The van der Waals surface area contributed by atoms with Gasteiger partial charge in [0.25, 0.3) is 0 Å². The van der Waals surface area contributed by atoms with Crippen molar-refractivity contribution in [3.63, 3.8) is 0 Å². The predicted molar refractivity (Wildman–Crippen MR) is 106 cm³/mol. The molecule has 0 aliphatic carbocycles. The van der Waals surface area contributed by atoms with Gasteiger partial charge in [-0.2, -0.15) is 0 Å². The van der Waals surface area contributed by atoms with E-state index < -0.39 is 0 Å². The third-order valence-electron chi connectivity index (χ3n) is 5.63. The van der Waals surface area contributed by atoms with E-state index in [0.717, 1.165) is 31.5 Å². The summed E-state index contributed by atoms with van der Waals surface area (Å²) in [5, 5.41) is 13.0. The number of urea groups is 1. The maximum absolute atomic E-state index is 12.7. The van der Waals surface area contributed by atoms with Crippen LogP contribution < -0.4 is 5.32 Å². The van der Waals surface area contributed by atoms with Gasteiger partial charge in [0.2, 0.25) is 5.91 Å². The Bertz CT molecular complexity index is 697. The topological polar surface area (TPSA) is 72.9 Å². The largest absolute Gasteiger partial charge is 0.506 e. The molecular weight excluding hydrogens is 342 g/mol. The van der Waals surface area contributed by atoms with Crippen LogP contribution in [0.5, 0.6) is 5.75 Å². The predicted octanol–water partition coefficient (Wildman–Crippen LogP) is 3.56. The van der Waals surface area contributed by atoms with Crippen LogP contribution >= 0.6 is 0 Å². The Morgan fingerprint density at radius 1 is 1.04 bits per heavy atom. The monoisotopic (exact) mass is 373 g/mol. The van der Waals surface area contributed by atoms with Crippen molar-refractivity contribution in [2.75, 3.05) is 31.5 Å². The second-order valence-corrected chi connectivity index (χ2v) is 8.71. The molecule has 1 aromatic rings. The lowest BCUT2D eigenvalue weighted by molar-refractivity contribution is -0.121. The highest BCUT2D eigenvalue weighted by molar-refractivity contribution is 5.94. The number of phenolic OH excluding ortho intramolecular Hbond substituents is 1. The van der Waals surface area contributed by atoms with Gasteiger partial charge in [-0.1, -0.05) is 26.8 Å². The molecule has 2 saturated heterocycles. The Morgan fingerprint density at radius 2 is 1.63 bits per heavy atom. The van der Waals surface area contributed by atoms with Crippen LogP contribution in [0.3, 0.4) is 0 Å². The van der Waals surface area contributed by atoms with Crippen LogP contribution in [0.25, 0.3) is 0 Å². The summed E-state index contributed by atoms with van der Waals surface area (Å²) in [6.07, 6.45) is 3.49. The number of likely N-dealkylation sites (tertiary alicyclic amines) is 2. The van der Waals surface area contributed by atoms with Gasteiger partial charge in [-0.05, 0) is 48.8 Å². The molecule has 27 heavy (non-hydrogen) atoms. The average molecular weight is 373 g/mol. The number of hydrogen-bond donors (Lipinski definition) is 2. The van der Waals surface area contributed by atoms with Crippen molar-refractivity contribution in [2.45, 2.75) is 51.9 Å². The minimum atomic E-state index is -0.134. The lowest BCUT2D eigenvalue weighted by Gasteiger charge is -2.34. The van der Waals surface area contributed by atoms with Gasteiger partial charge < -0.3 is 20.2 Å². The molecule has 6 nitrogen and oxygen atoms in total. The summed E-state index contributed by atoms with van der Waals surface area (Å²) >= 11 is 0. The lowest BCUT2D eigenvalue weighted by atomic mass is 9.86. The Balaban J connectivity index is 1.57. The third kappa shape index (κ3) is 4.54. The van der Waals surface area contributed by atoms with Crippen LogP contribution in [0.15, 0.2) is 18.2 Å². The lowest BCUT2D eigenvalue weighted by Crippen LogP contribution is -2.47. The molecule has 2 heterocycles. The summed E-state index contributed by atoms with van der Waals surface area (Å²) in [5.74, 6) is -0.132.